The third-order valence-electron chi connectivity index (χ3n) is 3.28. The topological polar surface area (TPSA) is 83.9 Å². The maximum atomic E-state index is 12.6. The molecule has 2 heterocycles. The van der Waals surface area contributed by atoms with Crippen LogP contribution in [-0.4, -0.2) is 49.1 Å². The monoisotopic (exact) mass is 319 g/mol. The summed E-state index contributed by atoms with van der Waals surface area (Å²) in [6.45, 7) is 4.39. The summed E-state index contributed by atoms with van der Waals surface area (Å²) in [5, 5.41) is 10.3. The van der Waals surface area contributed by atoms with Gasteiger partial charge in [-0.2, -0.15) is 4.31 Å². The first kappa shape index (κ1) is 15.4. The van der Waals surface area contributed by atoms with Crippen molar-refractivity contribution in [3.8, 4) is 0 Å². The van der Waals surface area contributed by atoms with Gasteiger partial charge in [0.1, 0.15) is 4.88 Å². The number of rotatable bonds is 4. The SMILES string of the molecule is CCC1COC(C)CN1S(=O)(=O)c1csc(C(=O)O)c1. The molecule has 2 unspecified atom stereocenters. The molecule has 0 saturated carbocycles. The Labute approximate surface area is 122 Å². The number of thiophene rings is 1. The molecule has 1 aliphatic rings. The molecule has 1 saturated heterocycles. The molecule has 1 N–H and O–H groups in total. The molecule has 1 fully saturated rings. The first-order chi connectivity index (χ1) is 9.36. The average molecular weight is 319 g/mol. The molecule has 0 radical (unpaired) electrons. The normalized spacial score (nSPS) is 24.7. The second-order valence-corrected chi connectivity index (χ2v) is 7.53. The van der Waals surface area contributed by atoms with Crippen LogP contribution in [0.15, 0.2) is 16.3 Å². The molecule has 0 aromatic carbocycles. The van der Waals surface area contributed by atoms with Crippen molar-refractivity contribution in [2.75, 3.05) is 13.2 Å². The van der Waals surface area contributed by atoms with Gasteiger partial charge in [-0.3, -0.25) is 0 Å². The number of aromatic carboxylic acids is 1. The lowest BCUT2D eigenvalue weighted by molar-refractivity contribution is -0.0230. The number of hydrogen-bond acceptors (Lipinski definition) is 5. The lowest BCUT2D eigenvalue weighted by atomic mass is 10.2. The summed E-state index contributed by atoms with van der Waals surface area (Å²) < 4.78 is 32.2. The van der Waals surface area contributed by atoms with E-state index in [1.54, 1.807) is 0 Å². The minimum atomic E-state index is -3.67. The van der Waals surface area contributed by atoms with Crippen LogP contribution in [0, 0.1) is 0 Å². The molecule has 0 bridgehead atoms. The van der Waals surface area contributed by atoms with E-state index in [0.29, 0.717) is 19.6 Å². The van der Waals surface area contributed by atoms with E-state index in [-0.39, 0.29) is 21.9 Å². The van der Waals surface area contributed by atoms with Crippen LogP contribution in [0.3, 0.4) is 0 Å². The van der Waals surface area contributed by atoms with E-state index in [0.717, 1.165) is 11.3 Å². The van der Waals surface area contributed by atoms with Crippen LogP contribution >= 0.6 is 11.3 Å². The molecule has 1 aliphatic heterocycles. The Morgan fingerprint density at radius 3 is 2.85 bits per heavy atom. The Hall–Kier alpha value is -0.960. The smallest absolute Gasteiger partial charge is 0.345 e. The fourth-order valence-electron chi connectivity index (χ4n) is 2.13. The largest absolute Gasteiger partial charge is 0.477 e. The van der Waals surface area contributed by atoms with Crippen molar-refractivity contribution >= 4 is 27.3 Å². The highest BCUT2D eigenvalue weighted by molar-refractivity contribution is 7.89. The predicted octanol–water partition coefficient (Wildman–Crippen LogP) is 1.63. The van der Waals surface area contributed by atoms with Crippen molar-refractivity contribution in [1.29, 1.82) is 0 Å². The van der Waals surface area contributed by atoms with Crippen molar-refractivity contribution in [2.24, 2.45) is 0 Å². The van der Waals surface area contributed by atoms with E-state index < -0.39 is 16.0 Å². The molecule has 2 atom stereocenters. The van der Waals surface area contributed by atoms with Crippen LogP contribution in [0.5, 0.6) is 0 Å². The Morgan fingerprint density at radius 1 is 1.60 bits per heavy atom. The maximum absolute atomic E-state index is 12.6. The second kappa shape index (κ2) is 5.80. The number of carboxylic acids is 1. The number of morpholine rings is 1. The number of ether oxygens (including phenoxy) is 1. The Balaban J connectivity index is 2.33. The van der Waals surface area contributed by atoms with Crippen molar-refractivity contribution in [2.45, 2.75) is 37.3 Å². The summed E-state index contributed by atoms with van der Waals surface area (Å²) in [5.74, 6) is -1.11. The van der Waals surface area contributed by atoms with Crippen molar-refractivity contribution in [1.82, 2.24) is 4.31 Å². The van der Waals surface area contributed by atoms with Gasteiger partial charge < -0.3 is 9.84 Å². The van der Waals surface area contributed by atoms with Crippen LogP contribution < -0.4 is 0 Å². The van der Waals surface area contributed by atoms with E-state index in [1.807, 2.05) is 13.8 Å². The Kier molecular flexibility index (Phi) is 4.48. The minimum Gasteiger partial charge on any atom is -0.477 e. The van der Waals surface area contributed by atoms with Crippen molar-refractivity contribution in [3.05, 3.63) is 16.3 Å². The molecule has 8 heteroatoms. The summed E-state index contributed by atoms with van der Waals surface area (Å²) in [7, 11) is -3.67. The number of sulfonamides is 1. The van der Waals surface area contributed by atoms with Gasteiger partial charge in [-0.05, 0) is 19.4 Å². The third-order valence-corrected chi connectivity index (χ3v) is 6.24. The molecule has 0 amide bonds. The predicted molar refractivity (Wildman–Crippen MR) is 74.7 cm³/mol. The molecular weight excluding hydrogens is 302 g/mol. The number of hydrogen-bond donors (Lipinski definition) is 1. The van der Waals surface area contributed by atoms with E-state index in [2.05, 4.69) is 0 Å². The van der Waals surface area contributed by atoms with E-state index >= 15 is 0 Å². The van der Waals surface area contributed by atoms with E-state index in [9.17, 15) is 13.2 Å². The lowest BCUT2D eigenvalue weighted by Gasteiger charge is -2.36. The fourth-order valence-corrected chi connectivity index (χ4v) is 4.99. The molecule has 6 nitrogen and oxygen atoms in total. The molecule has 20 heavy (non-hydrogen) atoms. The Morgan fingerprint density at radius 2 is 2.30 bits per heavy atom. The zero-order valence-corrected chi connectivity index (χ0v) is 12.9. The van der Waals surface area contributed by atoms with Crippen LogP contribution in [0.25, 0.3) is 0 Å². The van der Waals surface area contributed by atoms with Gasteiger partial charge in [0.2, 0.25) is 10.0 Å². The van der Waals surface area contributed by atoms with Crippen molar-refractivity contribution < 1.29 is 23.1 Å². The zero-order chi connectivity index (χ0) is 14.9. The van der Waals surface area contributed by atoms with Gasteiger partial charge in [0.05, 0.1) is 17.6 Å². The van der Waals surface area contributed by atoms with Gasteiger partial charge >= 0.3 is 5.97 Å². The van der Waals surface area contributed by atoms with Crippen molar-refractivity contribution in [3.63, 3.8) is 0 Å². The first-order valence-corrected chi connectivity index (χ1v) is 8.63. The summed E-state index contributed by atoms with van der Waals surface area (Å²) in [5.41, 5.74) is 0. The molecule has 112 valence electrons. The minimum absolute atomic E-state index is 0.0259. The molecule has 0 aliphatic carbocycles. The van der Waals surface area contributed by atoms with Gasteiger partial charge in [0, 0.05) is 18.0 Å². The standard InChI is InChI=1S/C12H17NO5S2/c1-3-9-6-18-8(2)5-13(9)20(16,17)10-4-11(12(14)15)19-7-10/h4,7-9H,3,5-6H2,1-2H3,(H,14,15). The van der Waals surface area contributed by atoms with E-state index in [1.165, 1.54) is 15.8 Å². The molecule has 1 aromatic heterocycles. The van der Waals surface area contributed by atoms with Crippen LogP contribution in [0.2, 0.25) is 0 Å². The lowest BCUT2D eigenvalue weighted by Crippen LogP contribution is -2.51. The van der Waals surface area contributed by atoms with E-state index in [4.69, 9.17) is 9.84 Å². The molecule has 2 rings (SSSR count). The summed E-state index contributed by atoms with van der Waals surface area (Å²) in [6.07, 6.45) is 0.493. The maximum Gasteiger partial charge on any atom is 0.345 e. The van der Waals surface area contributed by atoms with Crippen LogP contribution in [0.1, 0.15) is 29.9 Å². The third kappa shape index (κ3) is 2.88. The quantitative estimate of drug-likeness (QED) is 0.912. The van der Waals surface area contributed by atoms with Crippen LogP contribution in [0.4, 0.5) is 0 Å². The summed E-state index contributed by atoms with van der Waals surface area (Å²) in [6, 6.07) is 1.01. The van der Waals surface area contributed by atoms with Gasteiger partial charge in [0.25, 0.3) is 0 Å². The highest BCUT2D eigenvalue weighted by Gasteiger charge is 2.36. The molecular formula is C12H17NO5S2. The summed E-state index contributed by atoms with van der Waals surface area (Å²) >= 11 is 0.922. The zero-order valence-electron chi connectivity index (χ0n) is 11.3. The average Bonchev–Trinajstić information content (AvgIpc) is 2.89. The fraction of sp³-hybridized carbons (Fsp3) is 0.583. The van der Waals surface area contributed by atoms with Gasteiger partial charge in [-0.15, -0.1) is 11.3 Å². The number of carboxylic acid groups (broad SMARTS) is 1. The number of nitrogens with zero attached hydrogens (tertiary/aromatic N) is 1. The van der Waals surface area contributed by atoms with Gasteiger partial charge in [0.15, 0.2) is 0 Å². The number of carbonyl (C=O) groups is 1. The highest BCUT2D eigenvalue weighted by Crippen LogP contribution is 2.27. The van der Waals surface area contributed by atoms with Gasteiger partial charge in [-0.1, -0.05) is 6.92 Å². The second-order valence-electron chi connectivity index (χ2n) is 4.73. The summed E-state index contributed by atoms with van der Waals surface area (Å²) in [4.78, 5) is 10.9. The van der Waals surface area contributed by atoms with Gasteiger partial charge in [-0.25, -0.2) is 13.2 Å². The molecule has 1 aromatic rings. The molecule has 0 spiro atoms. The van der Waals surface area contributed by atoms with Crippen LogP contribution in [-0.2, 0) is 14.8 Å². The Bertz CT molecular complexity index is 595. The first-order valence-electron chi connectivity index (χ1n) is 6.31. The highest BCUT2D eigenvalue weighted by atomic mass is 32.2.